The number of likely N-dealkylation sites (tertiary alicyclic amines) is 1. The monoisotopic (exact) mass is 609 g/mol. The Morgan fingerprint density at radius 3 is 2.48 bits per heavy atom. The first-order valence-corrected chi connectivity index (χ1v) is 14.3. The maximum absolute atomic E-state index is 13.2. The van der Waals surface area contributed by atoms with Gasteiger partial charge in [-0.3, -0.25) is 9.78 Å². The molecule has 0 bridgehead atoms. The summed E-state index contributed by atoms with van der Waals surface area (Å²) in [5.74, 6) is -6.51. The molecule has 0 spiro atoms. The smallest absolute Gasteiger partial charge is 0.489 e. The van der Waals surface area contributed by atoms with Crippen molar-refractivity contribution in [3.05, 3.63) is 65.9 Å². The van der Waals surface area contributed by atoms with Gasteiger partial charge in [0.2, 0.25) is 0 Å². The summed E-state index contributed by atoms with van der Waals surface area (Å²) < 4.78 is 69.6. The molecule has 2 aromatic carbocycles. The minimum atomic E-state index is -5.38. The topological polar surface area (TPSA) is 152 Å². The molecule has 0 unspecified atom stereocenters. The van der Waals surface area contributed by atoms with Crippen LogP contribution in [-0.4, -0.2) is 66.4 Å². The summed E-state index contributed by atoms with van der Waals surface area (Å²) in [6.07, 6.45) is -6.85. The van der Waals surface area contributed by atoms with Crippen LogP contribution in [0.5, 0.6) is 5.75 Å². The molecule has 1 aliphatic heterocycles. The van der Waals surface area contributed by atoms with Gasteiger partial charge in [0.15, 0.2) is 9.84 Å². The largest absolute Gasteiger partial charge is 0.493 e. The Kier molecular flexibility index (Phi) is 8.89. The number of fused-ring (bicyclic) bond motifs is 1. The summed E-state index contributed by atoms with van der Waals surface area (Å²) >= 11 is 0. The predicted octanol–water partition coefficient (Wildman–Crippen LogP) is 3.65. The van der Waals surface area contributed by atoms with Gasteiger partial charge < -0.3 is 19.6 Å². The van der Waals surface area contributed by atoms with Crippen molar-refractivity contribution in [3.63, 3.8) is 0 Å². The molecule has 2 N–H and O–H groups in total. The Balaban J connectivity index is 1.44. The third kappa shape index (κ3) is 7.26. The molecule has 1 saturated heterocycles. The number of ether oxygens (including phenoxy) is 1. The van der Waals surface area contributed by atoms with E-state index in [9.17, 15) is 41.1 Å². The number of amides is 2. The van der Waals surface area contributed by atoms with Crippen LogP contribution < -0.4 is 10.2 Å². The van der Waals surface area contributed by atoms with Crippen molar-refractivity contribution in [2.45, 2.75) is 31.0 Å². The first-order valence-electron chi connectivity index (χ1n) is 12.6. The molecule has 1 aliphatic rings. The number of piperidine rings is 1. The predicted molar refractivity (Wildman–Crippen MR) is 141 cm³/mol. The number of para-hydroxylation sites is 1. The van der Waals surface area contributed by atoms with Gasteiger partial charge in [0.25, 0.3) is 5.91 Å². The zero-order valence-corrected chi connectivity index (χ0v) is 22.9. The van der Waals surface area contributed by atoms with Crippen LogP contribution in [0.15, 0.2) is 59.5 Å². The van der Waals surface area contributed by atoms with E-state index in [0.29, 0.717) is 5.75 Å². The van der Waals surface area contributed by atoms with Crippen molar-refractivity contribution in [1.29, 1.82) is 0 Å². The first-order chi connectivity index (χ1) is 19.7. The molecule has 2 heterocycles. The summed E-state index contributed by atoms with van der Waals surface area (Å²) in [6, 6.07) is 15.1. The number of aromatic nitrogens is 1. The van der Waals surface area contributed by atoms with Gasteiger partial charge in [-0.2, -0.15) is 18.7 Å². The third-order valence-corrected chi connectivity index (χ3v) is 8.64. The fraction of sp³-hybridized carbons (Fsp3) is 0.333. The van der Waals surface area contributed by atoms with E-state index in [-0.39, 0.29) is 24.5 Å². The number of nitrogens with zero attached hydrogens (tertiary/aromatic N) is 2. The maximum Gasteiger partial charge on any atom is 0.493 e. The molecule has 0 saturated carbocycles. The highest BCUT2D eigenvalue weighted by Crippen LogP contribution is 2.29. The van der Waals surface area contributed by atoms with Crippen LogP contribution in [0.25, 0.3) is 10.9 Å². The van der Waals surface area contributed by atoms with Crippen LogP contribution in [-0.2, 0) is 30.9 Å². The van der Waals surface area contributed by atoms with E-state index in [1.165, 1.54) is 29.7 Å². The number of carbonyl (C=O) groups excluding carboxylic acids is 2. The number of carboxylic acid groups (broad SMARTS) is 1. The Morgan fingerprint density at radius 2 is 1.81 bits per heavy atom. The highest BCUT2D eigenvalue weighted by Gasteiger charge is 2.43. The Labute approximate surface area is 238 Å². The highest BCUT2D eigenvalue weighted by molar-refractivity contribution is 7.91. The average Bonchev–Trinajstić information content (AvgIpc) is 2.94. The second kappa shape index (κ2) is 12.2. The van der Waals surface area contributed by atoms with Crippen molar-refractivity contribution >= 4 is 38.7 Å². The molecular formula is C27H26F3N3O8S. The number of carbonyl (C=O) groups is 3. The fourth-order valence-corrected chi connectivity index (χ4v) is 6.40. The first kappa shape index (κ1) is 30.6. The number of hydroxylamine groups is 1. The number of nitrogens with one attached hydrogen (secondary N) is 1. The van der Waals surface area contributed by atoms with Crippen LogP contribution in [0.3, 0.4) is 0 Å². The zero-order valence-electron chi connectivity index (χ0n) is 22.1. The van der Waals surface area contributed by atoms with Crippen molar-refractivity contribution in [2.75, 3.05) is 18.8 Å². The molecule has 3 aromatic rings. The van der Waals surface area contributed by atoms with Crippen molar-refractivity contribution in [1.82, 2.24) is 15.4 Å². The molecule has 11 nitrogen and oxygen atoms in total. The molecule has 0 radical (unpaired) electrons. The second-order valence-electron chi connectivity index (χ2n) is 9.72. The molecule has 4 rings (SSSR count). The van der Waals surface area contributed by atoms with Crippen molar-refractivity contribution in [2.24, 2.45) is 11.8 Å². The van der Waals surface area contributed by atoms with Crippen molar-refractivity contribution < 1.29 is 50.7 Å². The standard InChI is InChI=1S/C27H26F3N3O8S/c1-16-12-18(21-4-2-3-5-23(21)31-16)14-40-19-6-8-20(9-7-19)42(38,39)15-17-10-11-33(26(36)37)13-22(17)24(34)32-41-25(35)27(28,29)30/h2-9,12,17,22H,10-11,13-15H2,1H3,(H,32,34)(H,36,37)/t17-,22-/m0/s1. The lowest BCUT2D eigenvalue weighted by Crippen LogP contribution is -2.51. The lowest BCUT2D eigenvalue weighted by atomic mass is 9.86. The molecule has 15 heteroatoms. The Morgan fingerprint density at radius 1 is 1.12 bits per heavy atom. The van der Waals surface area contributed by atoms with Gasteiger partial charge in [0, 0.05) is 29.7 Å². The Hall–Kier alpha value is -4.40. The summed E-state index contributed by atoms with van der Waals surface area (Å²) in [6.45, 7) is 1.47. The van der Waals surface area contributed by atoms with E-state index in [1.54, 1.807) is 0 Å². The molecule has 2 atom stereocenters. The third-order valence-electron chi connectivity index (χ3n) is 6.78. The highest BCUT2D eigenvalue weighted by atomic mass is 32.2. The van der Waals surface area contributed by atoms with Gasteiger partial charge in [-0.05, 0) is 55.7 Å². The molecule has 42 heavy (non-hydrogen) atoms. The molecule has 1 aromatic heterocycles. The van der Waals surface area contributed by atoms with Crippen LogP contribution in [0.4, 0.5) is 18.0 Å². The number of aryl methyl sites for hydroxylation is 1. The van der Waals surface area contributed by atoms with Gasteiger partial charge >= 0.3 is 18.2 Å². The number of pyridine rings is 1. The molecule has 0 aliphatic carbocycles. The minimum absolute atomic E-state index is 0.0721. The Bertz CT molecular complexity index is 1600. The van der Waals surface area contributed by atoms with Crippen LogP contribution in [0.1, 0.15) is 17.7 Å². The summed E-state index contributed by atoms with van der Waals surface area (Å²) in [7, 11) is -4.03. The van der Waals surface area contributed by atoms with E-state index in [0.717, 1.165) is 27.1 Å². The number of hydrogen-bond donors (Lipinski definition) is 2. The zero-order chi connectivity index (χ0) is 30.7. The average molecular weight is 610 g/mol. The quantitative estimate of drug-likeness (QED) is 0.383. The summed E-state index contributed by atoms with van der Waals surface area (Å²) in [5, 5.41) is 10.2. The van der Waals surface area contributed by atoms with E-state index >= 15 is 0 Å². The lowest BCUT2D eigenvalue weighted by molar-refractivity contribution is -0.208. The number of alkyl halides is 3. The normalized spacial score (nSPS) is 17.5. The van der Waals surface area contributed by atoms with E-state index in [4.69, 9.17) is 4.74 Å². The van der Waals surface area contributed by atoms with Gasteiger partial charge in [0.05, 0.1) is 22.1 Å². The number of sulfone groups is 1. The van der Waals surface area contributed by atoms with Crippen LogP contribution >= 0.6 is 0 Å². The molecule has 2 amide bonds. The maximum atomic E-state index is 13.2. The summed E-state index contributed by atoms with van der Waals surface area (Å²) in [5.41, 5.74) is 3.91. The van der Waals surface area contributed by atoms with Gasteiger partial charge in [0.1, 0.15) is 12.4 Å². The summed E-state index contributed by atoms with van der Waals surface area (Å²) in [4.78, 5) is 44.0. The van der Waals surface area contributed by atoms with Gasteiger partial charge in [-0.25, -0.2) is 18.0 Å². The van der Waals surface area contributed by atoms with Crippen molar-refractivity contribution in [3.8, 4) is 5.75 Å². The van der Waals surface area contributed by atoms with Gasteiger partial charge in [-0.1, -0.05) is 18.2 Å². The number of rotatable bonds is 7. The molecular weight excluding hydrogens is 583 g/mol. The lowest BCUT2D eigenvalue weighted by Gasteiger charge is -2.35. The number of hydrogen-bond acceptors (Lipinski definition) is 8. The van der Waals surface area contributed by atoms with Gasteiger partial charge in [-0.15, -0.1) is 0 Å². The minimum Gasteiger partial charge on any atom is -0.489 e. The van der Waals surface area contributed by atoms with Crippen LogP contribution in [0.2, 0.25) is 0 Å². The molecule has 1 fully saturated rings. The second-order valence-corrected chi connectivity index (χ2v) is 11.8. The van der Waals surface area contributed by atoms with Crippen LogP contribution in [0, 0.1) is 18.8 Å². The number of halogens is 3. The number of benzene rings is 2. The SMILES string of the molecule is Cc1cc(COc2ccc(S(=O)(=O)C[C@@H]3CCN(C(=O)O)C[C@@H]3C(=O)NOC(=O)C(F)(F)F)cc2)c2ccccc2n1. The fourth-order valence-electron chi connectivity index (χ4n) is 4.70. The van der Waals surface area contributed by atoms with E-state index in [2.05, 4.69) is 9.82 Å². The van der Waals surface area contributed by atoms with E-state index < -0.39 is 58.1 Å². The van der Waals surface area contributed by atoms with E-state index in [1.807, 2.05) is 37.3 Å². The molecule has 224 valence electrons.